The molecular formula is C19H28F3OP. The van der Waals surface area contributed by atoms with Gasteiger partial charge >= 0.3 is 5.85 Å². The second-order valence-corrected chi connectivity index (χ2v) is 6.72. The van der Waals surface area contributed by atoms with E-state index in [2.05, 4.69) is 25.5 Å². The van der Waals surface area contributed by atoms with Gasteiger partial charge in [-0.2, -0.15) is 8.78 Å². The molecule has 0 amide bonds. The number of benzene rings is 1. The molecule has 0 N–H and O–H groups in total. The third-order valence-corrected chi connectivity index (χ3v) is 4.13. The average molecular weight is 360 g/mol. The van der Waals surface area contributed by atoms with Gasteiger partial charge in [-0.1, -0.05) is 39.2 Å². The lowest BCUT2D eigenvalue weighted by atomic mass is 9.89. The van der Waals surface area contributed by atoms with Crippen molar-refractivity contribution in [1.82, 2.24) is 0 Å². The standard InChI is InChI=1S/C19H28F3OP/c1-5-8-10-14(9-6-2)15(7-3)16-12-17(20)18(11-13(16)4)23-19(21,22)24/h11-12H,5-10,24H2,1-4H3/b15-14-. The van der Waals surface area contributed by atoms with Crippen molar-refractivity contribution < 1.29 is 17.9 Å². The molecule has 1 aromatic rings. The van der Waals surface area contributed by atoms with Crippen LogP contribution in [0.25, 0.3) is 5.57 Å². The smallest absolute Gasteiger partial charge is 0.408 e. The van der Waals surface area contributed by atoms with Crippen molar-refractivity contribution in [3.8, 4) is 5.75 Å². The van der Waals surface area contributed by atoms with Crippen molar-refractivity contribution in [2.24, 2.45) is 0 Å². The van der Waals surface area contributed by atoms with Crippen molar-refractivity contribution in [1.29, 1.82) is 0 Å². The van der Waals surface area contributed by atoms with E-state index in [0.717, 1.165) is 55.2 Å². The third kappa shape index (κ3) is 6.12. The van der Waals surface area contributed by atoms with Crippen LogP contribution in [0.1, 0.15) is 70.4 Å². The first-order valence-corrected chi connectivity index (χ1v) is 9.18. The Morgan fingerprint density at radius 2 is 1.79 bits per heavy atom. The number of hydrogen-bond donors (Lipinski definition) is 0. The van der Waals surface area contributed by atoms with Crippen LogP contribution in [0.4, 0.5) is 13.2 Å². The zero-order chi connectivity index (χ0) is 18.3. The summed E-state index contributed by atoms with van der Waals surface area (Å²) in [7, 11) is 1.26. The SMILES string of the molecule is CCCC/C(CCC)=C(/CC)c1cc(F)c(OC(F)(F)P)cc1C. The van der Waals surface area contributed by atoms with E-state index in [4.69, 9.17) is 0 Å². The van der Waals surface area contributed by atoms with E-state index in [-0.39, 0.29) is 0 Å². The first-order chi connectivity index (χ1) is 11.2. The summed E-state index contributed by atoms with van der Waals surface area (Å²) >= 11 is 0. The van der Waals surface area contributed by atoms with Gasteiger partial charge in [0.05, 0.1) is 0 Å². The molecule has 0 aliphatic rings. The molecule has 0 saturated heterocycles. The topological polar surface area (TPSA) is 9.23 Å². The van der Waals surface area contributed by atoms with Crippen LogP contribution in [-0.4, -0.2) is 5.85 Å². The van der Waals surface area contributed by atoms with E-state index in [0.29, 0.717) is 0 Å². The van der Waals surface area contributed by atoms with Gasteiger partial charge in [0.1, 0.15) is 0 Å². The van der Waals surface area contributed by atoms with Crippen LogP contribution in [0, 0.1) is 12.7 Å². The van der Waals surface area contributed by atoms with Crippen LogP contribution in [0.15, 0.2) is 17.7 Å². The average Bonchev–Trinajstić information content (AvgIpc) is 2.48. The molecule has 0 spiro atoms. The maximum atomic E-state index is 14.3. The normalized spacial score (nSPS) is 13.0. The Morgan fingerprint density at radius 3 is 2.29 bits per heavy atom. The maximum Gasteiger partial charge on any atom is 0.408 e. The fraction of sp³-hybridized carbons (Fsp3) is 0.579. The van der Waals surface area contributed by atoms with Crippen molar-refractivity contribution in [3.63, 3.8) is 0 Å². The van der Waals surface area contributed by atoms with Crippen LogP contribution in [0.3, 0.4) is 0 Å². The summed E-state index contributed by atoms with van der Waals surface area (Å²) < 4.78 is 44.6. The first kappa shape index (κ1) is 21.0. The summed E-state index contributed by atoms with van der Waals surface area (Å²) in [4.78, 5) is 0. The van der Waals surface area contributed by atoms with E-state index in [1.54, 1.807) is 0 Å². The van der Waals surface area contributed by atoms with E-state index >= 15 is 0 Å². The summed E-state index contributed by atoms with van der Waals surface area (Å²) in [6.07, 6.45) is 6.00. The lowest BCUT2D eigenvalue weighted by Gasteiger charge is -2.19. The zero-order valence-corrected chi connectivity index (χ0v) is 16.2. The number of allylic oxidation sites excluding steroid dienone is 2. The van der Waals surface area contributed by atoms with Crippen LogP contribution >= 0.6 is 9.24 Å². The molecular weight excluding hydrogens is 332 g/mol. The summed E-state index contributed by atoms with van der Waals surface area (Å²) in [6, 6.07) is 2.70. The largest absolute Gasteiger partial charge is 0.427 e. The lowest BCUT2D eigenvalue weighted by Crippen LogP contribution is -2.16. The van der Waals surface area contributed by atoms with Gasteiger partial charge in [-0.25, -0.2) is 4.39 Å². The summed E-state index contributed by atoms with van der Waals surface area (Å²) in [5, 5.41) is 0. The summed E-state index contributed by atoms with van der Waals surface area (Å²) in [6.45, 7) is 8.14. The van der Waals surface area contributed by atoms with E-state index < -0.39 is 17.4 Å². The zero-order valence-electron chi connectivity index (χ0n) is 15.0. The highest BCUT2D eigenvalue weighted by Crippen LogP contribution is 2.35. The van der Waals surface area contributed by atoms with Gasteiger partial charge in [-0.3, -0.25) is 0 Å². The third-order valence-electron chi connectivity index (χ3n) is 4.01. The van der Waals surface area contributed by atoms with Crippen molar-refractivity contribution >= 4 is 14.8 Å². The Labute approximate surface area is 145 Å². The van der Waals surface area contributed by atoms with Gasteiger partial charge in [0.25, 0.3) is 0 Å². The van der Waals surface area contributed by atoms with Crippen LogP contribution in [-0.2, 0) is 0 Å². The highest BCUT2D eigenvalue weighted by molar-refractivity contribution is 7.17. The van der Waals surface area contributed by atoms with E-state index in [9.17, 15) is 13.2 Å². The predicted octanol–water partition coefficient (Wildman–Crippen LogP) is 7.09. The van der Waals surface area contributed by atoms with E-state index in [1.165, 1.54) is 26.9 Å². The van der Waals surface area contributed by atoms with Gasteiger partial charge in [-0.15, -0.1) is 0 Å². The second-order valence-electron chi connectivity index (χ2n) is 6.05. The Hall–Kier alpha value is -1.02. The molecule has 0 radical (unpaired) electrons. The number of rotatable bonds is 9. The van der Waals surface area contributed by atoms with Crippen LogP contribution in [0.5, 0.6) is 5.75 Å². The Balaban J connectivity index is 3.32. The first-order valence-electron chi connectivity index (χ1n) is 8.60. The number of alkyl halides is 2. The molecule has 1 unspecified atom stereocenters. The molecule has 0 aliphatic heterocycles. The Bertz CT molecular complexity index is 577. The second kappa shape index (κ2) is 9.46. The monoisotopic (exact) mass is 360 g/mol. The van der Waals surface area contributed by atoms with Crippen molar-refractivity contribution in [2.45, 2.75) is 72.1 Å². The van der Waals surface area contributed by atoms with Gasteiger partial charge in [-0.05, 0) is 70.7 Å². The molecule has 0 heterocycles. The molecule has 1 atom stereocenters. The highest BCUT2D eigenvalue weighted by Gasteiger charge is 2.26. The maximum absolute atomic E-state index is 14.3. The molecule has 24 heavy (non-hydrogen) atoms. The Morgan fingerprint density at radius 1 is 1.12 bits per heavy atom. The van der Waals surface area contributed by atoms with Crippen molar-refractivity contribution in [3.05, 3.63) is 34.6 Å². The van der Waals surface area contributed by atoms with E-state index in [1.807, 2.05) is 6.92 Å². The molecule has 1 aromatic carbocycles. The fourth-order valence-corrected chi connectivity index (χ4v) is 3.08. The van der Waals surface area contributed by atoms with Gasteiger partial charge < -0.3 is 4.74 Å². The number of halogens is 3. The lowest BCUT2D eigenvalue weighted by molar-refractivity contribution is -0.0912. The molecule has 1 nitrogen and oxygen atoms in total. The molecule has 0 aromatic heterocycles. The van der Waals surface area contributed by atoms with Crippen LogP contribution in [0.2, 0.25) is 0 Å². The van der Waals surface area contributed by atoms with Crippen LogP contribution < -0.4 is 4.74 Å². The number of ether oxygens (including phenoxy) is 1. The fourth-order valence-electron chi connectivity index (χ4n) is 2.95. The number of aryl methyl sites for hydroxylation is 1. The van der Waals surface area contributed by atoms with Gasteiger partial charge in [0.2, 0.25) is 0 Å². The molecule has 5 heteroatoms. The van der Waals surface area contributed by atoms with Gasteiger partial charge in [0.15, 0.2) is 11.6 Å². The summed E-state index contributed by atoms with van der Waals surface area (Å²) in [5.74, 6) is -4.65. The minimum atomic E-state index is -3.48. The molecule has 136 valence electrons. The number of hydrogen-bond acceptors (Lipinski definition) is 1. The molecule has 0 bridgehead atoms. The summed E-state index contributed by atoms with van der Waals surface area (Å²) in [5.41, 5.74) is 4.02. The molecule has 0 saturated carbocycles. The van der Waals surface area contributed by atoms with Crippen molar-refractivity contribution in [2.75, 3.05) is 0 Å². The minimum absolute atomic E-state index is 0.419. The van der Waals surface area contributed by atoms with Gasteiger partial charge in [0, 0.05) is 0 Å². The molecule has 1 rings (SSSR count). The Kier molecular flexibility index (Phi) is 8.29. The quantitative estimate of drug-likeness (QED) is 0.427. The molecule has 0 fully saturated rings. The minimum Gasteiger partial charge on any atom is -0.427 e. The predicted molar refractivity (Wildman–Crippen MR) is 98.1 cm³/mol. The highest BCUT2D eigenvalue weighted by atomic mass is 31.0. The molecule has 0 aliphatic carbocycles. The number of unbranched alkanes of at least 4 members (excludes halogenated alkanes) is 1.